The first kappa shape index (κ1) is 16.8. The average Bonchev–Trinajstić information content (AvgIpc) is 2.43. The minimum absolute atomic E-state index is 0.194. The molecular formula is C13H16F5NO. The molecule has 0 saturated carbocycles. The van der Waals surface area contributed by atoms with Crippen LogP contribution in [0.1, 0.15) is 31.4 Å². The summed E-state index contributed by atoms with van der Waals surface area (Å²) < 4.78 is 71.5. The number of methoxy groups -OCH3 is 1. The fourth-order valence-electron chi connectivity index (χ4n) is 1.95. The van der Waals surface area contributed by atoms with Crippen LogP contribution in [-0.2, 0) is 4.74 Å². The Morgan fingerprint density at radius 1 is 0.950 bits per heavy atom. The second-order valence-electron chi connectivity index (χ2n) is 4.23. The Kier molecular flexibility index (Phi) is 6.35. The Labute approximate surface area is 113 Å². The summed E-state index contributed by atoms with van der Waals surface area (Å²) in [6.07, 6.45) is 0.619. The maximum absolute atomic E-state index is 13.7. The van der Waals surface area contributed by atoms with Crippen LogP contribution in [0.25, 0.3) is 0 Å². The molecule has 0 aliphatic rings. The van der Waals surface area contributed by atoms with Crippen molar-refractivity contribution in [2.75, 3.05) is 20.3 Å². The van der Waals surface area contributed by atoms with Crippen molar-refractivity contribution in [3.63, 3.8) is 0 Å². The summed E-state index contributed by atoms with van der Waals surface area (Å²) in [5, 5.41) is 2.72. The predicted molar refractivity (Wildman–Crippen MR) is 63.8 cm³/mol. The lowest BCUT2D eigenvalue weighted by molar-refractivity contribution is 0.188. The Morgan fingerprint density at radius 2 is 1.45 bits per heavy atom. The molecule has 1 N–H and O–H groups in total. The zero-order chi connectivity index (χ0) is 15.3. The van der Waals surface area contributed by atoms with Gasteiger partial charge in [-0.15, -0.1) is 0 Å². The number of rotatable bonds is 7. The molecule has 0 aromatic heterocycles. The molecule has 1 unspecified atom stereocenters. The second kappa shape index (κ2) is 7.54. The fraction of sp³-hybridized carbons (Fsp3) is 0.538. The van der Waals surface area contributed by atoms with E-state index >= 15 is 0 Å². The van der Waals surface area contributed by atoms with Gasteiger partial charge in [-0.1, -0.05) is 6.92 Å². The van der Waals surface area contributed by atoms with Crippen molar-refractivity contribution < 1.29 is 26.7 Å². The van der Waals surface area contributed by atoms with Gasteiger partial charge in [-0.25, -0.2) is 22.0 Å². The Morgan fingerprint density at radius 3 is 1.90 bits per heavy atom. The molecular weight excluding hydrogens is 281 g/mol. The monoisotopic (exact) mass is 297 g/mol. The normalized spacial score (nSPS) is 12.8. The lowest BCUT2D eigenvalue weighted by atomic mass is 10.00. The largest absolute Gasteiger partial charge is 0.385 e. The highest BCUT2D eigenvalue weighted by Crippen LogP contribution is 2.30. The summed E-state index contributed by atoms with van der Waals surface area (Å²) in [5.74, 6) is -9.56. The van der Waals surface area contributed by atoms with Gasteiger partial charge in [0.25, 0.3) is 0 Å². The van der Waals surface area contributed by atoms with E-state index in [-0.39, 0.29) is 6.42 Å². The number of halogens is 5. The van der Waals surface area contributed by atoms with E-state index in [1.165, 1.54) is 7.11 Å². The zero-order valence-corrected chi connectivity index (χ0v) is 11.2. The lowest BCUT2D eigenvalue weighted by Gasteiger charge is -2.20. The Balaban J connectivity index is 3.18. The minimum atomic E-state index is -2.14. The van der Waals surface area contributed by atoms with Crippen LogP contribution in [0.5, 0.6) is 0 Å². The summed E-state index contributed by atoms with van der Waals surface area (Å²) in [6, 6.07) is -0.959. The molecule has 0 fully saturated rings. The molecule has 2 nitrogen and oxygen atoms in total. The SMILES string of the molecule is CCNC(CCCOC)c1c(F)c(F)c(F)c(F)c1F. The minimum Gasteiger partial charge on any atom is -0.385 e. The molecule has 0 aliphatic carbocycles. The molecule has 1 aromatic carbocycles. The predicted octanol–water partition coefficient (Wildman–Crippen LogP) is 3.46. The fourth-order valence-corrected chi connectivity index (χ4v) is 1.95. The van der Waals surface area contributed by atoms with E-state index in [0.29, 0.717) is 19.6 Å². The van der Waals surface area contributed by atoms with Gasteiger partial charge >= 0.3 is 0 Å². The van der Waals surface area contributed by atoms with Gasteiger partial charge in [0.15, 0.2) is 23.3 Å². The third-order valence-electron chi connectivity index (χ3n) is 2.88. The van der Waals surface area contributed by atoms with E-state index in [1.54, 1.807) is 6.92 Å². The van der Waals surface area contributed by atoms with Gasteiger partial charge in [-0.2, -0.15) is 0 Å². The topological polar surface area (TPSA) is 21.3 Å². The maximum atomic E-state index is 13.7. The number of hydrogen-bond acceptors (Lipinski definition) is 2. The lowest BCUT2D eigenvalue weighted by Crippen LogP contribution is -2.25. The molecule has 20 heavy (non-hydrogen) atoms. The van der Waals surface area contributed by atoms with Gasteiger partial charge in [0, 0.05) is 25.3 Å². The first-order valence-electron chi connectivity index (χ1n) is 6.19. The van der Waals surface area contributed by atoms with Crippen LogP contribution in [0.3, 0.4) is 0 Å². The van der Waals surface area contributed by atoms with Crippen LogP contribution in [0, 0.1) is 29.1 Å². The van der Waals surface area contributed by atoms with Crippen molar-refractivity contribution in [1.82, 2.24) is 5.32 Å². The molecule has 0 radical (unpaired) electrons. The van der Waals surface area contributed by atoms with Crippen molar-refractivity contribution in [3.05, 3.63) is 34.6 Å². The van der Waals surface area contributed by atoms with Gasteiger partial charge in [0.1, 0.15) is 0 Å². The molecule has 0 bridgehead atoms. The van der Waals surface area contributed by atoms with E-state index < -0.39 is 40.7 Å². The molecule has 1 aromatic rings. The summed E-state index contributed by atoms with van der Waals surface area (Å²) in [4.78, 5) is 0. The highest BCUT2D eigenvalue weighted by molar-refractivity contribution is 5.27. The molecule has 1 atom stereocenters. The van der Waals surface area contributed by atoms with Gasteiger partial charge in [-0.3, -0.25) is 0 Å². The number of nitrogens with one attached hydrogen (secondary N) is 1. The smallest absolute Gasteiger partial charge is 0.200 e. The summed E-state index contributed by atoms with van der Waals surface area (Å²) in [5.41, 5.74) is -0.820. The van der Waals surface area contributed by atoms with Crippen molar-refractivity contribution in [2.24, 2.45) is 0 Å². The van der Waals surface area contributed by atoms with Crippen LogP contribution in [0.2, 0.25) is 0 Å². The summed E-state index contributed by atoms with van der Waals surface area (Å²) in [7, 11) is 1.46. The standard InChI is InChI=1S/C13H16F5NO/c1-3-19-7(5-4-6-20-2)8-9(14)11(16)13(18)12(17)10(8)15/h7,19H,3-6H2,1-2H3. The molecule has 0 aliphatic heterocycles. The van der Waals surface area contributed by atoms with Crippen molar-refractivity contribution in [3.8, 4) is 0 Å². The molecule has 7 heteroatoms. The number of ether oxygens (including phenoxy) is 1. The van der Waals surface area contributed by atoms with Crippen LogP contribution in [-0.4, -0.2) is 20.3 Å². The summed E-state index contributed by atoms with van der Waals surface area (Å²) in [6.45, 7) is 2.34. The molecule has 114 valence electrons. The third kappa shape index (κ3) is 3.46. The van der Waals surface area contributed by atoms with Crippen molar-refractivity contribution >= 4 is 0 Å². The van der Waals surface area contributed by atoms with Gasteiger partial charge in [0.05, 0.1) is 0 Å². The van der Waals surface area contributed by atoms with E-state index in [4.69, 9.17) is 4.74 Å². The maximum Gasteiger partial charge on any atom is 0.200 e. The Hall–Kier alpha value is -1.21. The van der Waals surface area contributed by atoms with E-state index in [1.807, 2.05) is 0 Å². The zero-order valence-electron chi connectivity index (χ0n) is 11.2. The molecule has 0 spiro atoms. The highest BCUT2D eigenvalue weighted by atomic mass is 19.2. The average molecular weight is 297 g/mol. The first-order chi connectivity index (χ1) is 9.45. The van der Waals surface area contributed by atoms with E-state index in [2.05, 4.69) is 5.32 Å². The van der Waals surface area contributed by atoms with E-state index in [0.717, 1.165) is 0 Å². The third-order valence-corrected chi connectivity index (χ3v) is 2.88. The molecule has 0 amide bonds. The Bertz CT molecular complexity index is 438. The van der Waals surface area contributed by atoms with Crippen LogP contribution in [0.15, 0.2) is 0 Å². The summed E-state index contributed by atoms with van der Waals surface area (Å²) >= 11 is 0. The second-order valence-corrected chi connectivity index (χ2v) is 4.23. The van der Waals surface area contributed by atoms with Gasteiger partial charge in [-0.05, 0) is 19.4 Å². The highest BCUT2D eigenvalue weighted by Gasteiger charge is 2.29. The number of benzene rings is 1. The molecule has 1 rings (SSSR count). The first-order valence-corrected chi connectivity index (χ1v) is 6.19. The quantitative estimate of drug-likeness (QED) is 0.360. The molecule has 0 heterocycles. The number of hydrogen-bond donors (Lipinski definition) is 1. The molecule has 0 saturated heterocycles. The van der Waals surface area contributed by atoms with Crippen LogP contribution >= 0.6 is 0 Å². The van der Waals surface area contributed by atoms with Gasteiger partial charge < -0.3 is 10.1 Å². The van der Waals surface area contributed by atoms with Crippen molar-refractivity contribution in [1.29, 1.82) is 0 Å². The van der Waals surface area contributed by atoms with Crippen molar-refractivity contribution in [2.45, 2.75) is 25.8 Å². The van der Waals surface area contributed by atoms with Crippen LogP contribution < -0.4 is 5.32 Å². The van der Waals surface area contributed by atoms with Crippen LogP contribution in [0.4, 0.5) is 22.0 Å². The van der Waals surface area contributed by atoms with Gasteiger partial charge in [0.2, 0.25) is 5.82 Å². The van der Waals surface area contributed by atoms with E-state index in [9.17, 15) is 22.0 Å².